The maximum Gasteiger partial charge on any atom is 0.0601 e. The predicted octanol–water partition coefficient (Wildman–Crippen LogP) is 1.09. The number of hydrogen-bond acceptors (Lipinski definition) is 2. The first-order chi connectivity index (χ1) is 5.36. The van der Waals surface area contributed by atoms with Gasteiger partial charge in [0, 0.05) is 23.8 Å². The molecule has 0 aliphatic heterocycles. The molecule has 0 amide bonds. The van der Waals surface area contributed by atoms with E-state index in [0.29, 0.717) is 13.1 Å². The van der Waals surface area contributed by atoms with Crippen LogP contribution in [0, 0.1) is 0 Å². The fourth-order valence-corrected chi connectivity index (χ4v) is 0.839. The lowest BCUT2D eigenvalue weighted by Crippen LogP contribution is -1.96. The molecular weight excluding hydrogens is 162 g/mol. The van der Waals surface area contributed by atoms with Gasteiger partial charge < -0.3 is 5.73 Å². The Hall–Kier alpha value is -0.800. The molecule has 0 spiro atoms. The molecule has 11 heavy (non-hydrogen) atoms. The van der Waals surface area contributed by atoms with Crippen LogP contribution in [-0.2, 0) is 13.1 Å². The molecule has 1 rings (SSSR count). The van der Waals surface area contributed by atoms with Gasteiger partial charge in [-0.25, -0.2) is 0 Å². The van der Waals surface area contributed by atoms with E-state index in [0.717, 1.165) is 5.56 Å². The zero-order valence-electron chi connectivity index (χ0n) is 6.07. The molecule has 0 aliphatic rings. The number of aromatic nitrogens is 2. The molecule has 1 aromatic heterocycles. The molecule has 0 aliphatic carbocycles. The zero-order chi connectivity index (χ0) is 8.10. The Bertz CT molecular complexity index is 242. The number of rotatable bonds is 3. The standard InChI is InChI=1S/C7H10ClN3/c8-2-1-3-11-6-7(4-9)5-10-11/h1-2,5-6H,3-4,9H2/b2-1+. The third kappa shape index (κ3) is 2.37. The summed E-state index contributed by atoms with van der Waals surface area (Å²) in [6.45, 7) is 1.23. The molecule has 0 aromatic carbocycles. The summed E-state index contributed by atoms with van der Waals surface area (Å²) in [5, 5.41) is 4.05. The van der Waals surface area contributed by atoms with Crippen molar-refractivity contribution in [3.8, 4) is 0 Å². The van der Waals surface area contributed by atoms with E-state index in [-0.39, 0.29) is 0 Å². The number of hydrogen-bond donors (Lipinski definition) is 1. The van der Waals surface area contributed by atoms with Crippen molar-refractivity contribution in [1.29, 1.82) is 0 Å². The quantitative estimate of drug-likeness (QED) is 0.740. The van der Waals surface area contributed by atoms with Crippen LogP contribution in [0.5, 0.6) is 0 Å². The molecule has 4 heteroatoms. The highest BCUT2D eigenvalue weighted by Gasteiger charge is 1.92. The van der Waals surface area contributed by atoms with Gasteiger partial charge in [-0.1, -0.05) is 17.7 Å². The van der Waals surface area contributed by atoms with Crippen LogP contribution in [-0.4, -0.2) is 9.78 Å². The summed E-state index contributed by atoms with van der Waals surface area (Å²) in [5.74, 6) is 0. The maximum absolute atomic E-state index is 5.39. The Balaban J connectivity index is 2.58. The van der Waals surface area contributed by atoms with E-state index in [9.17, 15) is 0 Å². The second-order valence-electron chi connectivity index (χ2n) is 2.14. The summed E-state index contributed by atoms with van der Waals surface area (Å²) < 4.78 is 1.78. The molecule has 0 atom stereocenters. The van der Waals surface area contributed by atoms with Crippen LogP contribution >= 0.6 is 11.6 Å². The zero-order valence-corrected chi connectivity index (χ0v) is 6.83. The topological polar surface area (TPSA) is 43.8 Å². The molecule has 0 saturated carbocycles. The molecule has 0 bridgehead atoms. The van der Waals surface area contributed by atoms with Crippen LogP contribution in [0.4, 0.5) is 0 Å². The van der Waals surface area contributed by atoms with Gasteiger partial charge in [0.1, 0.15) is 0 Å². The van der Waals surface area contributed by atoms with Crippen LogP contribution in [0.15, 0.2) is 24.0 Å². The van der Waals surface area contributed by atoms with Gasteiger partial charge in [-0.3, -0.25) is 4.68 Å². The molecule has 0 radical (unpaired) electrons. The van der Waals surface area contributed by atoms with Crippen molar-refractivity contribution in [3.63, 3.8) is 0 Å². The molecule has 0 fully saturated rings. The summed E-state index contributed by atoms with van der Waals surface area (Å²) in [5.41, 5.74) is 7.91. The average molecular weight is 172 g/mol. The highest BCUT2D eigenvalue weighted by Crippen LogP contribution is 1.95. The lowest BCUT2D eigenvalue weighted by atomic mass is 10.4. The minimum Gasteiger partial charge on any atom is -0.326 e. The third-order valence-electron chi connectivity index (χ3n) is 1.30. The normalized spacial score (nSPS) is 11.1. The summed E-state index contributed by atoms with van der Waals surface area (Å²) in [7, 11) is 0. The van der Waals surface area contributed by atoms with Gasteiger partial charge in [-0.05, 0) is 0 Å². The Morgan fingerprint density at radius 3 is 3.09 bits per heavy atom. The Labute approximate surface area is 70.5 Å². The first kappa shape index (κ1) is 8.30. The monoisotopic (exact) mass is 171 g/mol. The van der Waals surface area contributed by atoms with Crippen molar-refractivity contribution in [1.82, 2.24) is 9.78 Å². The van der Waals surface area contributed by atoms with Crippen molar-refractivity contribution in [2.24, 2.45) is 5.73 Å². The van der Waals surface area contributed by atoms with Gasteiger partial charge in [0.2, 0.25) is 0 Å². The fraction of sp³-hybridized carbons (Fsp3) is 0.286. The lowest BCUT2D eigenvalue weighted by Gasteiger charge is -1.91. The van der Waals surface area contributed by atoms with Crippen LogP contribution in [0.25, 0.3) is 0 Å². The second kappa shape index (κ2) is 4.16. The van der Waals surface area contributed by atoms with Gasteiger partial charge in [-0.15, -0.1) is 0 Å². The molecular formula is C7H10ClN3. The minimum absolute atomic E-state index is 0.532. The van der Waals surface area contributed by atoms with E-state index in [4.69, 9.17) is 17.3 Å². The Morgan fingerprint density at radius 1 is 1.73 bits per heavy atom. The molecule has 0 unspecified atom stereocenters. The van der Waals surface area contributed by atoms with E-state index in [1.165, 1.54) is 5.54 Å². The molecule has 60 valence electrons. The SMILES string of the molecule is NCc1cnn(C/C=C/Cl)c1. The number of halogens is 1. The summed E-state index contributed by atoms with van der Waals surface area (Å²) >= 11 is 5.35. The molecule has 1 heterocycles. The van der Waals surface area contributed by atoms with Crippen LogP contribution in [0.3, 0.4) is 0 Å². The van der Waals surface area contributed by atoms with Gasteiger partial charge in [-0.2, -0.15) is 5.10 Å². The van der Waals surface area contributed by atoms with E-state index < -0.39 is 0 Å². The van der Waals surface area contributed by atoms with E-state index in [1.54, 1.807) is 10.9 Å². The average Bonchev–Trinajstić information content (AvgIpc) is 2.48. The number of nitrogens with zero attached hydrogens (tertiary/aromatic N) is 2. The van der Waals surface area contributed by atoms with Crippen LogP contribution < -0.4 is 5.73 Å². The van der Waals surface area contributed by atoms with E-state index in [1.807, 2.05) is 12.3 Å². The van der Waals surface area contributed by atoms with Crippen LogP contribution in [0.2, 0.25) is 0 Å². The summed E-state index contributed by atoms with van der Waals surface area (Å²) in [4.78, 5) is 0. The molecule has 0 saturated heterocycles. The Kier molecular flexibility index (Phi) is 3.14. The van der Waals surface area contributed by atoms with Gasteiger partial charge in [0.15, 0.2) is 0 Å². The molecule has 1 aromatic rings. The van der Waals surface area contributed by atoms with Gasteiger partial charge in [0.05, 0.1) is 12.7 Å². The second-order valence-corrected chi connectivity index (χ2v) is 2.39. The van der Waals surface area contributed by atoms with Gasteiger partial charge in [0.25, 0.3) is 0 Å². The predicted molar refractivity (Wildman–Crippen MR) is 45.1 cm³/mol. The number of nitrogens with two attached hydrogens (primary N) is 1. The summed E-state index contributed by atoms with van der Waals surface area (Å²) in [6.07, 6.45) is 5.47. The lowest BCUT2D eigenvalue weighted by molar-refractivity contribution is 0.701. The molecule has 2 N–H and O–H groups in total. The molecule has 3 nitrogen and oxygen atoms in total. The van der Waals surface area contributed by atoms with Crippen molar-refractivity contribution in [2.45, 2.75) is 13.1 Å². The first-order valence-corrected chi connectivity index (χ1v) is 3.77. The van der Waals surface area contributed by atoms with Gasteiger partial charge >= 0.3 is 0 Å². The highest BCUT2D eigenvalue weighted by molar-refractivity contribution is 6.25. The van der Waals surface area contributed by atoms with Crippen molar-refractivity contribution < 1.29 is 0 Å². The smallest absolute Gasteiger partial charge is 0.0601 e. The van der Waals surface area contributed by atoms with Crippen LogP contribution in [0.1, 0.15) is 5.56 Å². The van der Waals surface area contributed by atoms with E-state index in [2.05, 4.69) is 5.10 Å². The largest absolute Gasteiger partial charge is 0.326 e. The third-order valence-corrected chi connectivity index (χ3v) is 1.48. The Morgan fingerprint density at radius 2 is 2.55 bits per heavy atom. The first-order valence-electron chi connectivity index (χ1n) is 3.33. The van der Waals surface area contributed by atoms with Crippen molar-refractivity contribution in [3.05, 3.63) is 29.6 Å². The maximum atomic E-state index is 5.39. The van der Waals surface area contributed by atoms with E-state index >= 15 is 0 Å². The minimum atomic E-state index is 0.532. The highest BCUT2D eigenvalue weighted by atomic mass is 35.5. The summed E-state index contributed by atoms with van der Waals surface area (Å²) in [6, 6.07) is 0. The van der Waals surface area contributed by atoms with Crippen molar-refractivity contribution >= 4 is 11.6 Å². The number of allylic oxidation sites excluding steroid dienone is 1. The fourth-order valence-electron chi connectivity index (χ4n) is 0.759. The van der Waals surface area contributed by atoms with Crippen molar-refractivity contribution in [2.75, 3.05) is 0 Å².